The number of hydrogen-bond acceptors (Lipinski definition) is 5. The highest BCUT2D eigenvalue weighted by Gasteiger charge is 2.31. The van der Waals surface area contributed by atoms with Crippen LogP contribution in [0.15, 0.2) is 78.9 Å². The van der Waals surface area contributed by atoms with Crippen molar-refractivity contribution in [1.29, 1.82) is 0 Å². The molecule has 0 aliphatic rings. The Morgan fingerprint density at radius 3 is 1.80 bits per heavy atom. The Balaban J connectivity index is 1.58. The normalized spacial score (nSPS) is 12.4. The van der Waals surface area contributed by atoms with Crippen LogP contribution in [0.1, 0.15) is 27.8 Å². The molecule has 1 unspecified atom stereocenters. The van der Waals surface area contributed by atoms with Gasteiger partial charge >= 0.3 is 18.3 Å². The average molecular weight is 598 g/mol. The van der Waals surface area contributed by atoms with Gasteiger partial charge in [0, 0.05) is 12.2 Å². The van der Waals surface area contributed by atoms with Crippen LogP contribution in [0.2, 0.25) is 0 Å². The summed E-state index contributed by atoms with van der Waals surface area (Å²) in [6.45, 7) is -0.864. The first-order valence-electron chi connectivity index (χ1n) is 12.3. The summed E-state index contributed by atoms with van der Waals surface area (Å²) >= 11 is 0.903. The van der Waals surface area contributed by atoms with E-state index in [1.54, 1.807) is 30.3 Å². The first kappa shape index (κ1) is 31.7. The van der Waals surface area contributed by atoms with Gasteiger partial charge in [0.05, 0.1) is 17.0 Å². The van der Waals surface area contributed by atoms with Gasteiger partial charge in [0.1, 0.15) is 13.2 Å². The van der Waals surface area contributed by atoms with Crippen molar-refractivity contribution in [2.75, 3.05) is 12.3 Å². The van der Waals surface area contributed by atoms with Gasteiger partial charge in [-0.05, 0) is 47.4 Å². The van der Waals surface area contributed by atoms with Crippen LogP contribution in [0, 0.1) is 5.92 Å². The van der Waals surface area contributed by atoms with Gasteiger partial charge in [-0.25, -0.2) is 0 Å². The van der Waals surface area contributed by atoms with Crippen LogP contribution >= 0.6 is 11.8 Å². The van der Waals surface area contributed by atoms with Gasteiger partial charge in [0.2, 0.25) is 5.91 Å². The van der Waals surface area contributed by atoms with E-state index in [1.165, 1.54) is 24.3 Å². The molecule has 12 heteroatoms. The minimum atomic E-state index is -4.52. The molecule has 0 spiro atoms. The number of esters is 1. The number of carbonyl (C=O) groups excluding carboxylic acids is 3. The summed E-state index contributed by atoms with van der Waals surface area (Å²) in [5.41, 5.74) is -0.167. The highest BCUT2D eigenvalue weighted by molar-refractivity contribution is 8.13. The van der Waals surface area contributed by atoms with Crippen LogP contribution in [0.25, 0.3) is 0 Å². The number of carbonyl (C=O) groups is 3. The lowest BCUT2D eigenvalue weighted by Crippen LogP contribution is -2.37. The molecule has 0 saturated heterocycles. The van der Waals surface area contributed by atoms with Crippen LogP contribution in [-0.2, 0) is 50.9 Å². The topological polar surface area (TPSA) is 72.5 Å². The molecule has 1 N–H and O–H groups in total. The molecule has 0 heterocycles. The number of rotatable bonds is 11. The van der Waals surface area contributed by atoms with E-state index in [-0.39, 0.29) is 30.3 Å². The molecule has 0 bridgehead atoms. The summed E-state index contributed by atoms with van der Waals surface area (Å²) in [5.74, 6) is -2.31. The summed E-state index contributed by atoms with van der Waals surface area (Å²) in [5, 5.41) is 2.20. The van der Waals surface area contributed by atoms with Crippen molar-refractivity contribution >= 4 is 28.8 Å². The first-order chi connectivity index (χ1) is 19.3. The zero-order chi connectivity index (χ0) is 30.0. The third-order valence-electron chi connectivity index (χ3n) is 5.86. The number of thioether (sulfide) groups is 1. The molecular weight excluding hydrogens is 572 g/mol. The van der Waals surface area contributed by atoms with Gasteiger partial charge in [-0.2, -0.15) is 26.3 Å². The molecule has 1 atom stereocenters. The second kappa shape index (κ2) is 14.2. The van der Waals surface area contributed by atoms with Crippen molar-refractivity contribution in [3.63, 3.8) is 0 Å². The molecule has 3 rings (SSSR count). The predicted molar refractivity (Wildman–Crippen MR) is 140 cm³/mol. The summed E-state index contributed by atoms with van der Waals surface area (Å²) in [6.07, 6.45) is -8.89. The van der Waals surface area contributed by atoms with Crippen LogP contribution in [0.5, 0.6) is 0 Å². The van der Waals surface area contributed by atoms with Gasteiger partial charge in [0.15, 0.2) is 5.12 Å². The Morgan fingerprint density at radius 1 is 0.732 bits per heavy atom. The van der Waals surface area contributed by atoms with E-state index in [9.17, 15) is 40.7 Å². The smallest absolute Gasteiger partial charge is 0.416 e. The lowest BCUT2D eigenvalue weighted by molar-refractivity contribution is -0.145. The van der Waals surface area contributed by atoms with E-state index in [0.717, 1.165) is 41.6 Å². The van der Waals surface area contributed by atoms with E-state index in [1.807, 2.05) is 0 Å². The largest absolute Gasteiger partial charge is 0.460 e. The Bertz CT molecular complexity index is 1310. The van der Waals surface area contributed by atoms with E-state index in [2.05, 4.69) is 5.32 Å². The molecule has 3 aromatic rings. The van der Waals surface area contributed by atoms with Crippen molar-refractivity contribution in [3.05, 3.63) is 107 Å². The van der Waals surface area contributed by atoms with Crippen molar-refractivity contribution in [2.45, 2.75) is 31.8 Å². The van der Waals surface area contributed by atoms with Gasteiger partial charge in [-0.1, -0.05) is 66.4 Å². The second-order valence-electron chi connectivity index (χ2n) is 9.01. The van der Waals surface area contributed by atoms with Gasteiger partial charge in [0.25, 0.3) is 0 Å². The van der Waals surface area contributed by atoms with E-state index >= 15 is 0 Å². The molecule has 0 saturated carbocycles. The fourth-order valence-corrected chi connectivity index (χ4v) is 4.58. The number of nitrogens with one attached hydrogen (secondary N) is 1. The molecule has 3 aromatic carbocycles. The molecule has 0 aromatic heterocycles. The lowest BCUT2D eigenvalue weighted by Gasteiger charge is -2.17. The molecule has 41 heavy (non-hydrogen) atoms. The van der Waals surface area contributed by atoms with E-state index in [0.29, 0.717) is 11.1 Å². The molecule has 0 aliphatic heterocycles. The molecule has 0 fully saturated rings. The highest BCUT2D eigenvalue weighted by Crippen LogP contribution is 2.30. The molecule has 1 amide bonds. The first-order valence-corrected chi connectivity index (χ1v) is 13.2. The third-order valence-corrected chi connectivity index (χ3v) is 6.89. The van der Waals surface area contributed by atoms with E-state index in [4.69, 9.17) is 4.74 Å². The van der Waals surface area contributed by atoms with Crippen molar-refractivity contribution in [2.24, 2.45) is 5.92 Å². The Kier molecular flexibility index (Phi) is 11.0. The average Bonchev–Trinajstić information content (AvgIpc) is 2.93. The van der Waals surface area contributed by atoms with Crippen LogP contribution in [0.4, 0.5) is 26.3 Å². The van der Waals surface area contributed by atoms with Gasteiger partial charge in [-0.3, -0.25) is 14.4 Å². The monoisotopic (exact) mass is 597 g/mol. The summed E-state index contributed by atoms with van der Waals surface area (Å²) in [4.78, 5) is 37.5. The molecule has 0 aliphatic carbocycles. The number of benzene rings is 3. The second-order valence-corrected chi connectivity index (χ2v) is 10.1. The number of ether oxygens (including phenoxy) is 1. The van der Waals surface area contributed by atoms with E-state index < -0.39 is 47.8 Å². The number of alkyl halides is 6. The minimum absolute atomic E-state index is 0.0101. The fraction of sp³-hybridized carbons (Fsp3) is 0.276. The van der Waals surface area contributed by atoms with Gasteiger partial charge in [-0.15, -0.1) is 0 Å². The number of amides is 1. The predicted octanol–water partition coefficient (Wildman–Crippen LogP) is 6.25. The molecule has 218 valence electrons. The quantitative estimate of drug-likeness (QED) is 0.209. The van der Waals surface area contributed by atoms with Crippen molar-refractivity contribution < 1.29 is 45.5 Å². The molecular formula is C29H25F6NO4S. The number of halogens is 6. The minimum Gasteiger partial charge on any atom is -0.460 e. The maximum Gasteiger partial charge on any atom is 0.416 e. The van der Waals surface area contributed by atoms with Crippen molar-refractivity contribution in [3.8, 4) is 0 Å². The SMILES string of the molecule is O=C(CNC(=O)C(CSC(=O)Cc1ccccc1)Cc1ccc(C(F)(F)F)cc1)OCc1ccc(C(F)(F)F)cc1. The Hall–Kier alpha value is -3.80. The molecule has 0 radical (unpaired) electrons. The maximum atomic E-state index is 12.9. The summed E-state index contributed by atoms with van der Waals surface area (Å²) < 4.78 is 81.8. The maximum absolute atomic E-state index is 12.9. The number of hydrogen-bond donors (Lipinski definition) is 1. The van der Waals surface area contributed by atoms with Crippen LogP contribution in [-0.4, -0.2) is 29.3 Å². The highest BCUT2D eigenvalue weighted by atomic mass is 32.2. The lowest BCUT2D eigenvalue weighted by atomic mass is 9.99. The van der Waals surface area contributed by atoms with Crippen molar-refractivity contribution in [1.82, 2.24) is 5.32 Å². The summed E-state index contributed by atoms with van der Waals surface area (Å²) in [6, 6.07) is 17.3. The Morgan fingerprint density at radius 2 is 1.27 bits per heavy atom. The molecule has 5 nitrogen and oxygen atoms in total. The Labute approximate surface area is 236 Å². The van der Waals surface area contributed by atoms with Gasteiger partial charge < -0.3 is 10.1 Å². The third kappa shape index (κ3) is 10.6. The van der Waals surface area contributed by atoms with Crippen LogP contribution < -0.4 is 5.32 Å². The summed E-state index contributed by atoms with van der Waals surface area (Å²) in [7, 11) is 0. The zero-order valence-electron chi connectivity index (χ0n) is 21.4. The van der Waals surface area contributed by atoms with Crippen LogP contribution in [0.3, 0.4) is 0 Å². The standard InChI is InChI=1S/C29H25F6NO4S/c30-28(31,32)23-10-6-20(7-11-23)14-22(18-41-26(38)15-19-4-2-1-3-5-19)27(39)36-16-25(37)40-17-21-8-12-24(13-9-21)29(33,34)35/h1-13,22H,14-18H2,(H,36,39). The fourth-order valence-electron chi connectivity index (χ4n) is 3.66. The zero-order valence-corrected chi connectivity index (χ0v) is 22.2.